The fraction of sp³-hybridized carbons (Fsp3) is 0.222. The number of halogens is 2. The van der Waals surface area contributed by atoms with E-state index < -0.39 is 24.6 Å². The van der Waals surface area contributed by atoms with Crippen LogP contribution in [-0.2, 0) is 9.53 Å². The van der Waals surface area contributed by atoms with Crippen LogP contribution < -0.4 is 10.1 Å². The van der Waals surface area contributed by atoms with Crippen molar-refractivity contribution in [2.75, 3.05) is 5.32 Å². The Morgan fingerprint density at radius 3 is 2.40 bits per heavy atom. The largest absolute Gasteiger partial charge is 0.449 e. The van der Waals surface area contributed by atoms with Crippen molar-refractivity contribution >= 4 is 17.6 Å². The van der Waals surface area contributed by atoms with Gasteiger partial charge in [0.1, 0.15) is 5.75 Å². The molecule has 1 atom stereocenters. The lowest BCUT2D eigenvalue weighted by Crippen LogP contribution is -2.30. The lowest BCUT2D eigenvalue weighted by Gasteiger charge is -2.14. The average Bonchev–Trinajstić information content (AvgIpc) is 2.56. The highest BCUT2D eigenvalue weighted by Gasteiger charge is 2.19. The third kappa shape index (κ3) is 5.56. The SMILES string of the molecule is Cc1ccc(NC(=O)[C@H](C)OC(=O)c2cccc(OC(F)F)c2)cc1. The van der Waals surface area contributed by atoms with Gasteiger partial charge in [-0.2, -0.15) is 8.78 Å². The van der Waals surface area contributed by atoms with Crippen LogP contribution in [0.1, 0.15) is 22.8 Å². The van der Waals surface area contributed by atoms with Crippen molar-refractivity contribution in [3.05, 3.63) is 59.7 Å². The van der Waals surface area contributed by atoms with Crippen LogP contribution in [0, 0.1) is 6.92 Å². The van der Waals surface area contributed by atoms with Crippen LogP contribution in [0.15, 0.2) is 48.5 Å². The van der Waals surface area contributed by atoms with Gasteiger partial charge in [-0.15, -0.1) is 0 Å². The predicted octanol–water partition coefficient (Wildman–Crippen LogP) is 3.78. The summed E-state index contributed by atoms with van der Waals surface area (Å²) in [5, 5.41) is 2.62. The van der Waals surface area contributed by atoms with Crippen molar-refractivity contribution in [2.24, 2.45) is 0 Å². The first-order valence-corrected chi connectivity index (χ1v) is 7.48. The Morgan fingerprint density at radius 2 is 1.76 bits per heavy atom. The number of rotatable bonds is 6. The molecule has 7 heteroatoms. The lowest BCUT2D eigenvalue weighted by atomic mass is 10.2. The Morgan fingerprint density at radius 1 is 1.08 bits per heavy atom. The van der Waals surface area contributed by atoms with Crippen LogP contribution in [0.3, 0.4) is 0 Å². The molecule has 0 fully saturated rings. The van der Waals surface area contributed by atoms with Gasteiger partial charge in [-0.05, 0) is 44.2 Å². The molecule has 25 heavy (non-hydrogen) atoms. The highest BCUT2D eigenvalue weighted by atomic mass is 19.3. The number of benzene rings is 2. The molecule has 0 heterocycles. The summed E-state index contributed by atoms with van der Waals surface area (Å²) in [5.41, 5.74) is 1.63. The van der Waals surface area contributed by atoms with E-state index in [1.807, 2.05) is 19.1 Å². The van der Waals surface area contributed by atoms with E-state index in [1.165, 1.54) is 25.1 Å². The smallest absolute Gasteiger partial charge is 0.387 e. The second-order valence-electron chi connectivity index (χ2n) is 5.31. The Labute approximate surface area is 143 Å². The second-order valence-corrected chi connectivity index (χ2v) is 5.31. The quantitative estimate of drug-likeness (QED) is 0.806. The standard InChI is InChI=1S/C18H17F2NO4/c1-11-6-8-14(9-7-11)21-16(22)12(2)24-17(23)13-4-3-5-15(10-13)25-18(19)20/h3-10,12,18H,1-2H3,(H,21,22)/t12-/m0/s1. The van der Waals surface area contributed by atoms with Crippen molar-refractivity contribution in [1.82, 2.24) is 0 Å². The molecule has 0 bridgehead atoms. The highest BCUT2D eigenvalue weighted by Crippen LogP contribution is 2.17. The molecule has 1 amide bonds. The van der Waals surface area contributed by atoms with Crippen LogP contribution in [0.25, 0.3) is 0 Å². The molecule has 5 nitrogen and oxygen atoms in total. The summed E-state index contributed by atoms with van der Waals surface area (Å²) < 4.78 is 33.7. The topological polar surface area (TPSA) is 64.6 Å². The monoisotopic (exact) mass is 349 g/mol. The van der Waals surface area contributed by atoms with Crippen LogP contribution >= 0.6 is 0 Å². The van der Waals surface area contributed by atoms with E-state index >= 15 is 0 Å². The molecule has 0 aliphatic rings. The third-order valence-electron chi connectivity index (χ3n) is 3.27. The maximum Gasteiger partial charge on any atom is 0.387 e. The molecular formula is C18H17F2NO4. The number of hydrogen-bond donors (Lipinski definition) is 1. The molecule has 0 saturated carbocycles. The van der Waals surface area contributed by atoms with Crippen LogP contribution in [0.5, 0.6) is 5.75 Å². The number of anilines is 1. The van der Waals surface area contributed by atoms with Gasteiger partial charge in [-0.3, -0.25) is 4.79 Å². The van der Waals surface area contributed by atoms with Gasteiger partial charge in [0.25, 0.3) is 5.91 Å². The van der Waals surface area contributed by atoms with E-state index in [2.05, 4.69) is 10.1 Å². The van der Waals surface area contributed by atoms with E-state index in [0.717, 1.165) is 11.6 Å². The first-order chi connectivity index (χ1) is 11.8. The third-order valence-corrected chi connectivity index (χ3v) is 3.27. The minimum absolute atomic E-state index is 0.00753. The molecular weight excluding hydrogens is 332 g/mol. The Hall–Kier alpha value is -2.96. The van der Waals surface area contributed by atoms with Crippen LogP contribution in [0.4, 0.5) is 14.5 Å². The minimum Gasteiger partial charge on any atom is -0.449 e. The predicted molar refractivity (Wildman–Crippen MR) is 87.8 cm³/mol. The number of carbonyl (C=O) groups is 2. The number of hydrogen-bond acceptors (Lipinski definition) is 4. The number of alkyl halides is 2. The summed E-state index contributed by atoms with van der Waals surface area (Å²) in [5.74, 6) is -1.48. The summed E-state index contributed by atoms with van der Waals surface area (Å²) in [6.45, 7) is 0.341. The van der Waals surface area contributed by atoms with E-state index in [9.17, 15) is 18.4 Å². The van der Waals surface area contributed by atoms with Gasteiger partial charge >= 0.3 is 12.6 Å². The van der Waals surface area contributed by atoms with Gasteiger partial charge in [-0.25, -0.2) is 4.79 Å². The zero-order valence-electron chi connectivity index (χ0n) is 13.7. The van der Waals surface area contributed by atoms with Gasteiger partial charge in [0, 0.05) is 5.69 Å². The number of carbonyl (C=O) groups excluding carboxylic acids is 2. The lowest BCUT2D eigenvalue weighted by molar-refractivity contribution is -0.123. The summed E-state index contributed by atoms with van der Waals surface area (Å²) in [6, 6.07) is 12.3. The van der Waals surface area contributed by atoms with Gasteiger partial charge in [0.2, 0.25) is 0 Å². The summed E-state index contributed by atoms with van der Waals surface area (Å²) in [4.78, 5) is 24.1. The summed E-state index contributed by atoms with van der Waals surface area (Å²) in [6.07, 6.45) is -1.06. The van der Waals surface area contributed by atoms with E-state index in [-0.39, 0.29) is 11.3 Å². The van der Waals surface area contributed by atoms with Crippen molar-refractivity contribution in [1.29, 1.82) is 0 Å². The molecule has 0 aliphatic heterocycles. The second kappa shape index (κ2) is 8.23. The van der Waals surface area contributed by atoms with Gasteiger partial charge in [0.15, 0.2) is 6.10 Å². The van der Waals surface area contributed by atoms with Crippen molar-refractivity contribution < 1.29 is 27.8 Å². The van der Waals surface area contributed by atoms with Crippen molar-refractivity contribution in [3.8, 4) is 5.75 Å². The molecule has 0 aliphatic carbocycles. The summed E-state index contributed by atoms with van der Waals surface area (Å²) in [7, 11) is 0. The first-order valence-electron chi connectivity index (χ1n) is 7.48. The van der Waals surface area contributed by atoms with E-state index in [0.29, 0.717) is 5.69 Å². The van der Waals surface area contributed by atoms with E-state index in [1.54, 1.807) is 12.1 Å². The molecule has 0 radical (unpaired) electrons. The Kier molecular flexibility index (Phi) is 6.05. The van der Waals surface area contributed by atoms with Crippen LogP contribution in [-0.4, -0.2) is 24.6 Å². The normalized spacial score (nSPS) is 11.7. The number of esters is 1. The van der Waals surface area contributed by atoms with Gasteiger partial charge in [0.05, 0.1) is 5.56 Å². The van der Waals surface area contributed by atoms with Crippen molar-refractivity contribution in [2.45, 2.75) is 26.6 Å². The maximum absolute atomic E-state index is 12.2. The number of nitrogens with one attached hydrogen (secondary N) is 1. The van der Waals surface area contributed by atoms with Crippen molar-refractivity contribution in [3.63, 3.8) is 0 Å². The molecule has 1 N–H and O–H groups in total. The molecule has 0 saturated heterocycles. The molecule has 132 valence electrons. The number of ether oxygens (including phenoxy) is 2. The minimum atomic E-state index is -2.99. The van der Waals surface area contributed by atoms with Gasteiger partial charge in [-0.1, -0.05) is 23.8 Å². The highest BCUT2D eigenvalue weighted by molar-refractivity contribution is 5.97. The Bertz CT molecular complexity index is 747. The molecule has 0 spiro atoms. The zero-order chi connectivity index (χ0) is 18.4. The maximum atomic E-state index is 12.2. The molecule has 0 unspecified atom stereocenters. The fourth-order valence-electron chi connectivity index (χ4n) is 1.96. The zero-order valence-corrected chi connectivity index (χ0v) is 13.7. The molecule has 0 aromatic heterocycles. The number of amides is 1. The average molecular weight is 349 g/mol. The molecule has 2 aromatic rings. The van der Waals surface area contributed by atoms with E-state index in [4.69, 9.17) is 4.74 Å². The molecule has 2 aromatic carbocycles. The molecule has 2 rings (SSSR count). The Balaban J connectivity index is 1.97. The summed E-state index contributed by atoms with van der Waals surface area (Å²) >= 11 is 0. The van der Waals surface area contributed by atoms with Gasteiger partial charge < -0.3 is 14.8 Å². The first kappa shape index (κ1) is 18.4. The fourth-order valence-corrected chi connectivity index (χ4v) is 1.96. The number of aryl methyl sites for hydroxylation is 1. The van der Waals surface area contributed by atoms with Crippen LogP contribution in [0.2, 0.25) is 0 Å².